The summed E-state index contributed by atoms with van der Waals surface area (Å²) in [5.74, 6) is 0.807. The van der Waals surface area contributed by atoms with Gasteiger partial charge in [0, 0.05) is 43.4 Å². The van der Waals surface area contributed by atoms with Crippen molar-refractivity contribution in [2.45, 2.75) is 6.10 Å². The van der Waals surface area contributed by atoms with E-state index in [1.54, 1.807) is 7.11 Å². The maximum absolute atomic E-state index is 10.4. The highest BCUT2D eigenvalue weighted by atomic mass is 35.5. The van der Waals surface area contributed by atoms with E-state index < -0.39 is 6.10 Å². The lowest BCUT2D eigenvalue weighted by Gasteiger charge is -2.37. The molecule has 1 atom stereocenters. The fourth-order valence-electron chi connectivity index (χ4n) is 3.04. The minimum Gasteiger partial charge on any atom is -0.497 e. The van der Waals surface area contributed by atoms with Gasteiger partial charge in [0.15, 0.2) is 0 Å². The molecular formula is C19H23ClN2O2. The Morgan fingerprint density at radius 1 is 1.08 bits per heavy atom. The first-order valence-corrected chi connectivity index (χ1v) is 8.58. The number of methoxy groups -OCH3 is 1. The van der Waals surface area contributed by atoms with Gasteiger partial charge in [0.05, 0.1) is 13.2 Å². The summed E-state index contributed by atoms with van der Waals surface area (Å²) in [5.41, 5.74) is 2.09. The highest BCUT2D eigenvalue weighted by Crippen LogP contribution is 2.22. The second-order valence-corrected chi connectivity index (χ2v) is 6.49. The fourth-order valence-corrected chi connectivity index (χ4v) is 3.22. The van der Waals surface area contributed by atoms with Crippen LogP contribution in [-0.4, -0.2) is 49.8 Å². The Balaban J connectivity index is 1.53. The molecule has 0 saturated carbocycles. The summed E-state index contributed by atoms with van der Waals surface area (Å²) < 4.78 is 5.15. The molecule has 1 aliphatic rings. The number of ether oxygens (including phenoxy) is 1. The van der Waals surface area contributed by atoms with Crippen LogP contribution in [0.4, 0.5) is 5.69 Å². The van der Waals surface area contributed by atoms with Gasteiger partial charge in [-0.15, -0.1) is 0 Å². The molecule has 1 fully saturated rings. The number of halogens is 1. The van der Waals surface area contributed by atoms with Gasteiger partial charge in [-0.2, -0.15) is 0 Å². The van der Waals surface area contributed by atoms with Gasteiger partial charge in [-0.1, -0.05) is 29.8 Å². The Morgan fingerprint density at radius 2 is 1.79 bits per heavy atom. The Kier molecular flexibility index (Phi) is 5.61. The smallest absolute Gasteiger partial charge is 0.118 e. The standard InChI is InChI=1S/C19H23ClN2O2/c1-24-18-7-5-15(6-8-18)19(23)14-21-9-11-22(12-10-21)17-4-2-3-16(20)13-17/h2-8,13,19,23H,9-12,14H2,1H3/t19-/m1/s1. The van der Waals surface area contributed by atoms with Crippen LogP contribution in [0.15, 0.2) is 48.5 Å². The Morgan fingerprint density at radius 3 is 2.42 bits per heavy atom. The van der Waals surface area contributed by atoms with Crippen LogP contribution < -0.4 is 9.64 Å². The third-order valence-electron chi connectivity index (χ3n) is 4.48. The van der Waals surface area contributed by atoms with Crippen molar-refractivity contribution in [3.05, 3.63) is 59.1 Å². The molecule has 4 nitrogen and oxygen atoms in total. The molecule has 24 heavy (non-hydrogen) atoms. The number of rotatable bonds is 5. The van der Waals surface area contributed by atoms with Crippen LogP contribution in [0.5, 0.6) is 5.75 Å². The lowest BCUT2D eigenvalue weighted by Crippen LogP contribution is -2.47. The number of benzene rings is 2. The van der Waals surface area contributed by atoms with Crippen LogP contribution in [-0.2, 0) is 0 Å². The van der Waals surface area contributed by atoms with Crippen molar-refractivity contribution in [1.82, 2.24) is 4.90 Å². The quantitative estimate of drug-likeness (QED) is 0.902. The maximum atomic E-state index is 10.4. The van der Waals surface area contributed by atoms with E-state index in [9.17, 15) is 5.11 Å². The third-order valence-corrected chi connectivity index (χ3v) is 4.71. The Hall–Kier alpha value is -1.75. The zero-order chi connectivity index (χ0) is 16.9. The highest BCUT2D eigenvalue weighted by molar-refractivity contribution is 6.30. The van der Waals surface area contributed by atoms with Crippen molar-refractivity contribution in [3.63, 3.8) is 0 Å². The number of hydrogen-bond donors (Lipinski definition) is 1. The molecule has 128 valence electrons. The van der Waals surface area contributed by atoms with Crippen molar-refractivity contribution in [3.8, 4) is 5.75 Å². The highest BCUT2D eigenvalue weighted by Gasteiger charge is 2.20. The van der Waals surface area contributed by atoms with Gasteiger partial charge in [0.2, 0.25) is 0 Å². The van der Waals surface area contributed by atoms with E-state index in [0.29, 0.717) is 6.54 Å². The van der Waals surface area contributed by atoms with E-state index in [0.717, 1.165) is 48.2 Å². The van der Waals surface area contributed by atoms with Crippen LogP contribution in [0, 0.1) is 0 Å². The number of aliphatic hydroxyl groups excluding tert-OH is 1. The minimum absolute atomic E-state index is 0.478. The second kappa shape index (κ2) is 7.88. The summed E-state index contributed by atoms with van der Waals surface area (Å²) >= 11 is 6.07. The van der Waals surface area contributed by atoms with E-state index in [2.05, 4.69) is 15.9 Å². The number of β-amino-alcohol motifs (C(OH)–C–C–N with tert-alkyl or cyclic N) is 1. The number of nitrogens with zero attached hydrogens (tertiary/aromatic N) is 2. The topological polar surface area (TPSA) is 35.9 Å². The largest absolute Gasteiger partial charge is 0.497 e. The second-order valence-electron chi connectivity index (χ2n) is 6.06. The number of hydrogen-bond acceptors (Lipinski definition) is 4. The van der Waals surface area contributed by atoms with Crippen molar-refractivity contribution >= 4 is 17.3 Å². The third kappa shape index (κ3) is 4.20. The zero-order valence-electron chi connectivity index (χ0n) is 13.9. The molecule has 0 bridgehead atoms. The predicted molar refractivity (Wildman–Crippen MR) is 98.1 cm³/mol. The van der Waals surface area contributed by atoms with Gasteiger partial charge >= 0.3 is 0 Å². The fraction of sp³-hybridized carbons (Fsp3) is 0.368. The monoisotopic (exact) mass is 346 g/mol. The van der Waals surface area contributed by atoms with Gasteiger partial charge in [0.1, 0.15) is 5.75 Å². The van der Waals surface area contributed by atoms with E-state index >= 15 is 0 Å². The normalized spacial score (nSPS) is 16.9. The molecule has 0 radical (unpaired) electrons. The molecule has 1 aliphatic heterocycles. The Labute approximate surface area is 148 Å². The molecule has 5 heteroatoms. The van der Waals surface area contributed by atoms with E-state index in [1.165, 1.54) is 0 Å². The lowest BCUT2D eigenvalue weighted by atomic mass is 10.1. The van der Waals surface area contributed by atoms with E-state index in [-0.39, 0.29) is 0 Å². The first-order valence-electron chi connectivity index (χ1n) is 8.20. The molecule has 3 rings (SSSR count). The minimum atomic E-state index is -0.478. The zero-order valence-corrected chi connectivity index (χ0v) is 14.6. The summed E-state index contributed by atoms with van der Waals surface area (Å²) in [6.07, 6.45) is -0.478. The van der Waals surface area contributed by atoms with Crippen molar-refractivity contribution in [2.75, 3.05) is 44.7 Å². The van der Waals surface area contributed by atoms with Crippen molar-refractivity contribution < 1.29 is 9.84 Å². The van der Waals surface area contributed by atoms with E-state index in [4.69, 9.17) is 16.3 Å². The summed E-state index contributed by atoms with van der Waals surface area (Å²) in [5, 5.41) is 11.2. The summed E-state index contributed by atoms with van der Waals surface area (Å²) in [7, 11) is 1.64. The van der Waals surface area contributed by atoms with Crippen LogP contribution in [0.25, 0.3) is 0 Å². The van der Waals surface area contributed by atoms with Gasteiger partial charge in [-0.05, 0) is 35.9 Å². The van der Waals surface area contributed by atoms with Gasteiger partial charge in [0.25, 0.3) is 0 Å². The van der Waals surface area contributed by atoms with Gasteiger partial charge in [-0.3, -0.25) is 4.90 Å². The van der Waals surface area contributed by atoms with Crippen molar-refractivity contribution in [2.24, 2.45) is 0 Å². The first-order chi connectivity index (χ1) is 11.7. The molecule has 2 aromatic rings. The first kappa shape index (κ1) is 17.1. The average molecular weight is 347 g/mol. The Bertz CT molecular complexity index is 655. The predicted octanol–water partition coefficient (Wildman–Crippen LogP) is 3.20. The molecular weight excluding hydrogens is 324 g/mol. The molecule has 1 heterocycles. The maximum Gasteiger partial charge on any atom is 0.118 e. The average Bonchev–Trinajstić information content (AvgIpc) is 2.62. The molecule has 0 unspecified atom stereocenters. The summed E-state index contributed by atoms with van der Waals surface area (Å²) in [6, 6.07) is 15.6. The SMILES string of the molecule is COc1ccc([C@H](O)CN2CCN(c3cccc(Cl)c3)CC2)cc1. The molecule has 2 aromatic carbocycles. The van der Waals surface area contributed by atoms with Crippen LogP contribution in [0.1, 0.15) is 11.7 Å². The summed E-state index contributed by atoms with van der Waals surface area (Å²) in [6.45, 7) is 4.39. The number of anilines is 1. The van der Waals surface area contributed by atoms with Crippen LogP contribution in [0.3, 0.4) is 0 Å². The molecule has 1 N–H and O–H groups in total. The molecule has 0 aliphatic carbocycles. The lowest BCUT2D eigenvalue weighted by molar-refractivity contribution is 0.109. The number of aliphatic hydroxyl groups is 1. The molecule has 0 aromatic heterocycles. The molecule has 0 amide bonds. The summed E-state index contributed by atoms with van der Waals surface area (Å²) in [4.78, 5) is 4.64. The van der Waals surface area contributed by atoms with Crippen molar-refractivity contribution in [1.29, 1.82) is 0 Å². The number of piperazine rings is 1. The van der Waals surface area contributed by atoms with Gasteiger partial charge in [-0.25, -0.2) is 0 Å². The van der Waals surface area contributed by atoms with Crippen LogP contribution >= 0.6 is 11.6 Å². The van der Waals surface area contributed by atoms with Gasteiger partial charge < -0.3 is 14.7 Å². The molecule has 0 spiro atoms. The van der Waals surface area contributed by atoms with Crippen LogP contribution in [0.2, 0.25) is 5.02 Å². The molecule has 1 saturated heterocycles. The van der Waals surface area contributed by atoms with E-state index in [1.807, 2.05) is 42.5 Å².